The summed E-state index contributed by atoms with van der Waals surface area (Å²) in [5.41, 5.74) is 3.14. The fraction of sp³-hybridized carbons (Fsp3) is 0.635. The van der Waals surface area contributed by atoms with E-state index < -0.39 is 6.10 Å². The van der Waals surface area contributed by atoms with Crippen LogP contribution in [0.15, 0.2) is 91.0 Å². The Morgan fingerprint density at radius 1 is 0.724 bits per heavy atom. The molecule has 0 aromatic heterocycles. The third-order valence-electron chi connectivity index (χ3n) is 16.2. The number of esters is 1. The molecular weight excluding hydrogens is 721 g/mol. The van der Waals surface area contributed by atoms with E-state index in [2.05, 4.69) is 126 Å². The summed E-state index contributed by atoms with van der Waals surface area (Å²) in [6.45, 7) is 15.5. The molecule has 8 unspecified atom stereocenters. The van der Waals surface area contributed by atoms with E-state index in [0.29, 0.717) is 50.1 Å². The molecule has 1 N–H and O–H groups in total. The van der Waals surface area contributed by atoms with Crippen LogP contribution in [0.5, 0.6) is 0 Å². The summed E-state index contributed by atoms with van der Waals surface area (Å²) >= 11 is 0. The summed E-state index contributed by atoms with van der Waals surface area (Å²) in [6, 6.07) is 32.1. The van der Waals surface area contributed by atoms with Crippen molar-refractivity contribution < 1.29 is 28.8 Å². The molecule has 4 aliphatic rings. The summed E-state index contributed by atoms with van der Waals surface area (Å²) in [5, 5.41) is 12.1. The van der Waals surface area contributed by atoms with E-state index in [4.69, 9.17) is 18.9 Å². The van der Waals surface area contributed by atoms with Gasteiger partial charge < -0.3 is 24.1 Å². The Kier molecular flexibility index (Phi) is 13.9. The van der Waals surface area contributed by atoms with Gasteiger partial charge in [0.15, 0.2) is 0 Å². The van der Waals surface area contributed by atoms with Crippen molar-refractivity contribution in [3.63, 3.8) is 0 Å². The molecule has 4 fully saturated rings. The zero-order valence-electron chi connectivity index (χ0n) is 36.3. The van der Waals surface area contributed by atoms with Gasteiger partial charge in [-0.05, 0) is 109 Å². The summed E-state index contributed by atoms with van der Waals surface area (Å²) < 4.78 is 27.9. The maximum atomic E-state index is 12.1. The van der Waals surface area contributed by atoms with Crippen LogP contribution >= 0.6 is 0 Å². The summed E-state index contributed by atoms with van der Waals surface area (Å²) in [6.07, 6.45) is 9.76. The number of benzene rings is 3. The van der Waals surface area contributed by atoms with Crippen molar-refractivity contribution in [3.05, 3.63) is 108 Å². The highest BCUT2D eigenvalue weighted by molar-refractivity contribution is 5.65. The van der Waals surface area contributed by atoms with Gasteiger partial charge in [0.2, 0.25) is 0 Å². The standard InChI is InChI=1S/C52H72O6/c1-36(2)42(27-31-55-38(4)53)32-46(54)37(3)43-25-26-44-47-49(57-34-40-20-12-8-13-21-40)48(56-33-39-18-10-7-11-19-39)45-24-16-17-28-51(45,6)52(47,30-29-50(43,44)5)58-35-41-22-14-9-15-23-41/h7-15,18-23,36-37,42-49,54H,16-17,24-35H2,1-6H3/t37?,42?,43?,44?,45?,46?,47?,48-,49?,50-,51+,52-/m1/s1. The first-order valence-electron chi connectivity index (χ1n) is 22.8. The lowest BCUT2D eigenvalue weighted by Gasteiger charge is -2.70. The molecule has 0 aliphatic heterocycles. The first kappa shape index (κ1) is 43.1. The van der Waals surface area contributed by atoms with Crippen LogP contribution in [0.2, 0.25) is 0 Å². The van der Waals surface area contributed by atoms with E-state index in [1.54, 1.807) is 0 Å². The third kappa shape index (κ3) is 8.74. The van der Waals surface area contributed by atoms with Gasteiger partial charge in [0.25, 0.3) is 0 Å². The van der Waals surface area contributed by atoms with Crippen molar-refractivity contribution in [2.45, 2.75) is 149 Å². The predicted molar refractivity (Wildman–Crippen MR) is 230 cm³/mol. The number of rotatable bonds is 17. The molecule has 7 rings (SSSR count). The highest BCUT2D eigenvalue weighted by Gasteiger charge is 2.73. The lowest BCUT2D eigenvalue weighted by Crippen LogP contribution is -2.74. The largest absolute Gasteiger partial charge is 0.466 e. The minimum Gasteiger partial charge on any atom is -0.466 e. The molecule has 58 heavy (non-hydrogen) atoms. The topological polar surface area (TPSA) is 74.2 Å². The lowest BCUT2D eigenvalue weighted by molar-refractivity contribution is -0.327. The van der Waals surface area contributed by atoms with Crippen molar-refractivity contribution in [1.29, 1.82) is 0 Å². The highest BCUT2D eigenvalue weighted by atomic mass is 16.5. The van der Waals surface area contributed by atoms with E-state index in [1.807, 2.05) is 0 Å². The molecule has 6 heteroatoms. The summed E-state index contributed by atoms with van der Waals surface area (Å²) in [4.78, 5) is 11.6. The fourth-order valence-corrected chi connectivity index (χ4v) is 13.0. The van der Waals surface area contributed by atoms with Crippen LogP contribution in [0.4, 0.5) is 0 Å². The van der Waals surface area contributed by atoms with Crippen LogP contribution in [0, 0.1) is 52.3 Å². The van der Waals surface area contributed by atoms with Gasteiger partial charge >= 0.3 is 5.97 Å². The van der Waals surface area contributed by atoms with Crippen molar-refractivity contribution in [3.8, 4) is 0 Å². The molecule has 0 radical (unpaired) electrons. The summed E-state index contributed by atoms with van der Waals surface area (Å²) in [7, 11) is 0. The molecule has 0 spiro atoms. The Hall–Kier alpha value is -3.03. The average molecular weight is 793 g/mol. The van der Waals surface area contributed by atoms with Gasteiger partial charge in [-0.3, -0.25) is 4.79 Å². The first-order chi connectivity index (χ1) is 28.0. The number of carbonyl (C=O) groups excluding carboxylic acids is 1. The van der Waals surface area contributed by atoms with E-state index in [1.165, 1.54) is 36.5 Å². The zero-order valence-corrected chi connectivity index (χ0v) is 36.3. The Bertz CT molecular complexity index is 1730. The number of carbonyl (C=O) groups is 1. The van der Waals surface area contributed by atoms with Crippen molar-refractivity contribution in [2.24, 2.45) is 52.3 Å². The SMILES string of the molecule is CC(=O)OCCC(CC(O)C(C)C1CCC2C3C(OCc4ccccc4)[C@H](OCc4ccccc4)C4CCCC[C@]4(C)[C@@]3(OCc3ccccc3)CC[C@]12C)C(C)C. The number of fused-ring (bicyclic) bond motifs is 5. The Balaban J connectivity index is 1.27. The molecule has 3 aromatic rings. The predicted octanol–water partition coefficient (Wildman–Crippen LogP) is 11.4. The van der Waals surface area contributed by atoms with Crippen LogP contribution in [0.25, 0.3) is 0 Å². The Morgan fingerprint density at radius 3 is 1.90 bits per heavy atom. The second-order valence-corrected chi connectivity index (χ2v) is 19.6. The molecule has 12 atom stereocenters. The number of aliphatic hydroxyl groups excluding tert-OH is 1. The van der Waals surface area contributed by atoms with Crippen molar-refractivity contribution in [2.75, 3.05) is 6.61 Å². The molecule has 0 amide bonds. The van der Waals surface area contributed by atoms with Crippen LogP contribution in [-0.2, 0) is 43.6 Å². The Morgan fingerprint density at radius 2 is 1.31 bits per heavy atom. The average Bonchev–Trinajstić information content (AvgIpc) is 3.58. The smallest absolute Gasteiger partial charge is 0.302 e. The molecule has 6 nitrogen and oxygen atoms in total. The van der Waals surface area contributed by atoms with Crippen molar-refractivity contribution >= 4 is 5.97 Å². The number of hydrogen-bond acceptors (Lipinski definition) is 6. The maximum Gasteiger partial charge on any atom is 0.302 e. The maximum absolute atomic E-state index is 12.1. The lowest BCUT2D eigenvalue weighted by atomic mass is 9.40. The summed E-state index contributed by atoms with van der Waals surface area (Å²) in [5.74, 6) is 1.73. The molecule has 4 aliphatic carbocycles. The molecular formula is C52H72O6. The van der Waals surface area contributed by atoms with Crippen LogP contribution in [0.1, 0.15) is 122 Å². The monoisotopic (exact) mass is 793 g/mol. The van der Waals surface area contributed by atoms with Gasteiger partial charge in [0.1, 0.15) is 0 Å². The Labute approximate surface area is 349 Å². The molecule has 4 saturated carbocycles. The quantitative estimate of drug-likeness (QED) is 0.137. The van der Waals surface area contributed by atoms with Gasteiger partial charge in [-0.2, -0.15) is 0 Å². The zero-order chi connectivity index (χ0) is 40.9. The second kappa shape index (κ2) is 18.7. The van der Waals surface area contributed by atoms with Crippen LogP contribution in [-0.4, -0.2) is 41.6 Å². The second-order valence-electron chi connectivity index (χ2n) is 19.6. The van der Waals surface area contributed by atoms with E-state index in [9.17, 15) is 9.90 Å². The van der Waals surface area contributed by atoms with Crippen molar-refractivity contribution in [1.82, 2.24) is 0 Å². The van der Waals surface area contributed by atoms with Gasteiger partial charge in [0, 0.05) is 18.3 Å². The number of aliphatic hydroxyl groups is 1. The fourth-order valence-electron chi connectivity index (χ4n) is 13.0. The van der Waals surface area contributed by atoms with Crippen LogP contribution in [0.3, 0.4) is 0 Å². The normalized spacial score (nSPS) is 33.4. The minimum atomic E-state index is -0.426. The highest BCUT2D eigenvalue weighted by Crippen LogP contribution is 2.72. The molecule has 0 bridgehead atoms. The van der Waals surface area contributed by atoms with Gasteiger partial charge in [-0.25, -0.2) is 0 Å². The van der Waals surface area contributed by atoms with Gasteiger partial charge in [-0.1, -0.05) is 138 Å². The third-order valence-corrected chi connectivity index (χ3v) is 16.2. The first-order valence-corrected chi connectivity index (χ1v) is 22.8. The number of hydrogen-bond donors (Lipinski definition) is 1. The van der Waals surface area contributed by atoms with E-state index in [-0.39, 0.29) is 52.4 Å². The minimum absolute atomic E-state index is 0.00589. The number of ether oxygens (including phenoxy) is 4. The molecule has 0 saturated heterocycles. The van der Waals surface area contributed by atoms with E-state index >= 15 is 0 Å². The van der Waals surface area contributed by atoms with Crippen LogP contribution < -0.4 is 0 Å². The van der Waals surface area contributed by atoms with Gasteiger partial charge in [-0.15, -0.1) is 0 Å². The molecule has 0 heterocycles. The van der Waals surface area contributed by atoms with E-state index in [0.717, 1.165) is 51.4 Å². The molecule has 3 aromatic carbocycles. The molecule has 316 valence electrons. The van der Waals surface area contributed by atoms with Gasteiger partial charge in [0.05, 0.1) is 50.3 Å².